The molecule has 1 saturated heterocycles. The monoisotopic (exact) mass is 314 g/mol. The van der Waals surface area contributed by atoms with Crippen molar-refractivity contribution >= 4 is 16.7 Å². The average Bonchev–Trinajstić information content (AvgIpc) is 2.69. The van der Waals surface area contributed by atoms with Crippen LogP contribution in [0.4, 0.5) is 5.69 Å². The van der Waals surface area contributed by atoms with E-state index in [9.17, 15) is 0 Å². The summed E-state index contributed by atoms with van der Waals surface area (Å²) in [5, 5.41) is 5.75. The highest BCUT2D eigenvalue weighted by Gasteiger charge is 2.25. The Labute approximate surface area is 137 Å². The van der Waals surface area contributed by atoms with E-state index in [2.05, 4.69) is 28.0 Å². The van der Waals surface area contributed by atoms with Crippen LogP contribution in [0.25, 0.3) is 11.0 Å². The molecule has 1 aliphatic heterocycles. The number of aromatic nitrogens is 3. The summed E-state index contributed by atoms with van der Waals surface area (Å²) < 4.78 is 8.13. The van der Waals surface area contributed by atoms with E-state index in [0.717, 1.165) is 30.9 Å². The minimum Gasteiger partial charge on any atom is -0.375 e. The van der Waals surface area contributed by atoms with Crippen LogP contribution in [0.15, 0.2) is 12.3 Å². The largest absolute Gasteiger partial charge is 0.375 e. The third kappa shape index (κ3) is 2.82. The van der Waals surface area contributed by atoms with Crippen molar-refractivity contribution < 1.29 is 4.74 Å². The standard InChI is InChI=1S/C18H26N4O/c1-13-17-16(8-10-19-18(17)21(2)20-13)22-11-4-7-15(9-12-22)23-14-5-3-6-14/h8,10,14-15H,3-7,9,11-12H2,1-2H3. The van der Waals surface area contributed by atoms with Crippen LogP contribution in [0.1, 0.15) is 44.2 Å². The molecule has 2 fully saturated rings. The first-order chi connectivity index (χ1) is 11.2. The minimum absolute atomic E-state index is 0.442. The second-order valence-corrected chi connectivity index (χ2v) is 6.97. The van der Waals surface area contributed by atoms with E-state index in [1.54, 1.807) is 0 Å². The molecule has 1 atom stereocenters. The molecule has 2 aromatic heterocycles. The third-order valence-corrected chi connectivity index (χ3v) is 5.33. The highest BCUT2D eigenvalue weighted by atomic mass is 16.5. The smallest absolute Gasteiger partial charge is 0.159 e. The van der Waals surface area contributed by atoms with Crippen molar-refractivity contribution in [2.24, 2.45) is 7.05 Å². The van der Waals surface area contributed by atoms with Crippen molar-refractivity contribution in [3.8, 4) is 0 Å². The molecule has 23 heavy (non-hydrogen) atoms. The zero-order valence-corrected chi connectivity index (χ0v) is 14.2. The topological polar surface area (TPSA) is 43.2 Å². The Bertz CT molecular complexity index is 692. The lowest BCUT2D eigenvalue weighted by Crippen LogP contribution is -2.29. The van der Waals surface area contributed by atoms with Gasteiger partial charge in [-0.25, -0.2) is 4.98 Å². The van der Waals surface area contributed by atoms with Gasteiger partial charge in [0.1, 0.15) is 0 Å². The van der Waals surface area contributed by atoms with E-state index in [1.165, 1.54) is 43.2 Å². The molecule has 4 rings (SSSR count). The minimum atomic E-state index is 0.442. The molecular weight excluding hydrogens is 288 g/mol. The summed E-state index contributed by atoms with van der Waals surface area (Å²) in [5.74, 6) is 0. The number of nitrogens with zero attached hydrogens (tertiary/aromatic N) is 4. The van der Waals surface area contributed by atoms with Gasteiger partial charge in [0, 0.05) is 26.3 Å². The van der Waals surface area contributed by atoms with Gasteiger partial charge in [-0.3, -0.25) is 4.68 Å². The van der Waals surface area contributed by atoms with E-state index in [0.29, 0.717) is 12.2 Å². The maximum atomic E-state index is 6.25. The Hall–Kier alpha value is -1.62. The van der Waals surface area contributed by atoms with Crippen molar-refractivity contribution in [1.29, 1.82) is 0 Å². The van der Waals surface area contributed by atoms with Crippen LogP contribution >= 0.6 is 0 Å². The van der Waals surface area contributed by atoms with Gasteiger partial charge in [-0.1, -0.05) is 0 Å². The first-order valence-electron chi connectivity index (χ1n) is 8.91. The highest BCUT2D eigenvalue weighted by Crippen LogP contribution is 2.31. The average molecular weight is 314 g/mol. The van der Waals surface area contributed by atoms with Crippen LogP contribution in [0, 0.1) is 6.92 Å². The van der Waals surface area contributed by atoms with Crippen molar-refractivity contribution in [3.63, 3.8) is 0 Å². The van der Waals surface area contributed by atoms with E-state index in [1.807, 2.05) is 17.9 Å². The molecule has 0 N–H and O–H groups in total. The van der Waals surface area contributed by atoms with E-state index < -0.39 is 0 Å². The fraction of sp³-hybridized carbons (Fsp3) is 0.667. The van der Waals surface area contributed by atoms with Crippen molar-refractivity contribution in [1.82, 2.24) is 14.8 Å². The molecule has 0 aromatic carbocycles. The SMILES string of the molecule is Cc1nn(C)c2nccc(N3CCCC(OC4CCC4)CC3)c12. The number of hydrogen-bond donors (Lipinski definition) is 0. The molecular formula is C18H26N4O. The number of hydrogen-bond acceptors (Lipinski definition) is 4. The molecule has 3 heterocycles. The Kier molecular flexibility index (Phi) is 3.97. The first-order valence-corrected chi connectivity index (χ1v) is 8.91. The fourth-order valence-electron chi connectivity index (χ4n) is 3.84. The molecule has 2 aliphatic rings. The van der Waals surface area contributed by atoms with Gasteiger partial charge < -0.3 is 9.64 Å². The molecule has 0 spiro atoms. The fourth-order valence-corrected chi connectivity index (χ4v) is 3.84. The van der Waals surface area contributed by atoms with Crippen molar-refractivity contribution in [2.45, 2.75) is 57.7 Å². The lowest BCUT2D eigenvalue weighted by molar-refractivity contribution is -0.0549. The van der Waals surface area contributed by atoms with Gasteiger partial charge in [-0.2, -0.15) is 5.10 Å². The number of fused-ring (bicyclic) bond motifs is 1. The van der Waals surface area contributed by atoms with Crippen LogP contribution in [-0.4, -0.2) is 40.1 Å². The van der Waals surface area contributed by atoms with E-state index in [-0.39, 0.29) is 0 Å². The Balaban J connectivity index is 1.54. The van der Waals surface area contributed by atoms with Gasteiger partial charge in [0.2, 0.25) is 0 Å². The molecule has 0 bridgehead atoms. The lowest BCUT2D eigenvalue weighted by Gasteiger charge is -2.30. The first kappa shape index (κ1) is 14.9. The molecule has 0 radical (unpaired) electrons. The second kappa shape index (κ2) is 6.11. The predicted octanol–water partition coefficient (Wildman–Crippen LogP) is 3.20. The number of rotatable bonds is 3. The lowest BCUT2D eigenvalue weighted by atomic mass is 9.95. The van der Waals surface area contributed by atoms with Crippen molar-refractivity contribution in [3.05, 3.63) is 18.0 Å². The third-order valence-electron chi connectivity index (χ3n) is 5.33. The van der Waals surface area contributed by atoms with Gasteiger partial charge in [-0.15, -0.1) is 0 Å². The summed E-state index contributed by atoms with van der Waals surface area (Å²) in [6, 6.07) is 2.14. The van der Waals surface area contributed by atoms with Gasteiger partial charge in [0.05, 0.1) is 29.0 Å². The van der Waals surface area contributed by atoms with Gasteiger partial charge in [0.25, 0.3) is 0 Å². The van der Waals surface area contributed by atoms with Gasteiger partial charge in [0.15, 0.2) is 5.65 Å². The molecule has 5 nitrogen and oxygen atoms in total. The maximum Gasteiger partial charge on any atom is 0.159 e. The molecule has 5 heteroatoms. The Morgan fingerprint density at radius 3 is 2.65 bits per heavy atom. The van der Waals surface area contributed by atoms with E-state index >= 15 is 0 Å². The zero-order chi connectivity index (χ0) is 15.8. The van der Waals surface area contributed by atoms with Crippen LogP contribution in [0.5, 0.6) is 0 Å². The van der Waals surface area contributed by atoms with Crippen LogP contribution in [0.3, 0.4) is 0 Å². The normalized spacial score (nSPS) is 23.0. The number of aryl methyl sites for hydroxylation is 2. The molecule has 0 amide bonds. The molecule has 124 valence electrons. The molecule has 2 aromatic rings. The van der Waals surface area contributed by atoms with Crippen LogP contribution in [-0.2, 0) is 11.8 Å². The number of pyridine rings is 1. The van der Waals surface area contributed by atoms with Crippen LogP contribution in [0.2, 0.25) is 0 Å². The highest BCUT2D eigenvalue weighted by molar-refractivity contribution is 5.91. The Morgan fingerprint density at radius 1 is 1.09 bits per heavy atom. The maximum absolute atomic E-state index is 6.25. The summed E-state index contributed by atoms with van der Waals surface area (Å²) in [6.07, 6.45) is 10.3. The van der Waals surface area contributed by atoms with Crippen molar-refractivity contribution in [2.75, 3.05) is 18.0 Å². The summed E-state index contributed by atoms with van der Waals surface area (Å²) in [7, 11) is 1.97. The predicted molar refractivity (Wildman–Crippen MR) is 91.8 cm³/mol. The quantitative estimate of drug-likeness (QED) is 0.872. The second-order valence-electron chi connectivity index (χ2n) is 6.97. The number of anilines is 1. The molecule has 1 unspecified atom stereocenters. The van der Waals surface area contributed by atoms with Gasteiger partial charge in [-0.05, 0) is 51.5 Å². The summed E-state index contributed by atoms with van der Waals surface area (Å²) >= 11 is 0. The molecule has 1 aliphatic carbocycles. The Morgan fingerprint density at radius 2 is 1.87 bits per heavy atom. The van der Waals surface area contributed by atoms with Crippen LogP contribution < -0.4 is 4.90 Å². The molecule has 1 saturated carbocycles. The summed E-state index contributed by atoms with van der Waals surface area (Å²) in [5.41, 5.74) is 3.33. The van der Waals surface area contributed by atoms with Gasteiger partial charge >= 0.3 is 0 Å². The number of ether oxygens (including phenoxy) is 1. The summed E-state index contributed by atoms with van der Waals surface area (Å²) in [6.45, 7) is 4.23. The zero-order valence-electron chi connectivity index (χ0n) is 14.2. The van der Waals surface area contributed by atoms with E-state index in [4.69, 9.17) is 4.74 Å². The summed E-state index contributed by atoms with van der Waals surface area (Å²) in [4.78, 5) is 7.01.